The van der Waals surface area contributed by atoms with E-state index in [9.17, 15) is 13.2 Å². The molecule has 1 aliphatic heterocycles. The highest BCUT2D eigenvalue weighted by molar-refractivity contribution is 7.89. The number of hydrogen-bond acceptors (Lipinski definition) is 3. The predicted octanol–water partition coefficient (Wildman–Crippen LogP) is 1.73. The van der Waals surface area contributed by atoms with E-state index in [0.717, 1.165) is 11.1 Å². The molecule has 0 radical (unpaired) electrons. The van der Waals surface area contributed by atoms with Crippen LogP contribution in [-0.2, 0) is 10.0 Å². The summed E-state index contributed by atoms with van der Waals surface area (Å²) in [5.41, 5.74) is 1.34. The fraction of sp³-hybridized carbons (Fsp3) is 0.214. The highest BCUT2D eigenvalue weighted by atomic mass is 32.2. The molecule has 6 heteroatoms. The standard InChI is InChI=1S/C14H14N2O3S/c1-3-16-11-7-8-12(20(18,19)15-2)9-5-4-6-10(13(9)11)14(16)17/h4-8,15H,3H2,1-2H3. The molecular weight excluding hydrogens is 276 g/mol. The summed E-state index contributed by atoms with van der Waals surface area (Å²) in [7, 11) is -2.17. The zero-order valence-corrected chi connectivity index (χ0v) is 12.0. The van der Waals surface area contributed by atoms with E-state index in [1.165, 1.54) is 7.05 Å². The first-order chi connectivity index (χ1) is 9.51. The lowest BCUT2D eigenvalue weighted by Gasteiger charge is -2.15. The van der Waals surface area contributed by atoms with E-state index in [2.05, 4.69) is 4.72 Å². The first-order valence-electron chi connectivity index (χ1n) is 6.32. The Hall–Kier alpha value is -1.92. The highest BCUT2D eigenvalue weighted by Gasteiger charge is 2.30. The Morgan fingerprint density at radius 3 is 2.60 bits per heavy atom. The minimum Gasteiger partial charge on any atom is -0.308 e. The molecule has 0 aliphatic carbocycles. The molecule has 2 aromatic rings. The van der Waals surface area contributed by atoms with Gasteiger partial charge in [-0.1, -0.05) is 12.1 Å². The molecule has 20 heavy (non-hydrogen) atoms. The molecule has 0 saturated carbocycles. The van der Waals surface area contributed by atoms with E-state index in [-0.39, 0.29) is 10.8 Å². The molecule has 1 N–H and O–H groups in total. The van der Waals surface area contributed by atoms with Gasteiger partial charge in [-0.3, -0.25) is 4.79 Å². The first kappa shape index (κ1) is 13.1. The number of carbonyl (C=O) groups excluding carboxylic acids is 1. The summed E-state index contributed by atoms with van der Waals surface area (Å²) in [6, 6.07) is 8.44. The Kier molecular flexibility index (Phi) is 2.81. The van der Waals surface area contributed by atoms with Gasteiger partial charge >= 0.3 is 0 Å². The lowest BCUT2D eigenvalue weighted by Crippen LogP contribution is -2.25. The number of rotatable bonds is 3. The van der Waals surface area contributed by atoms with Crippen LogP contribution >= 0.6 is 0 Å². The van der Waals surface area contributed by atoms with Crippen LogP contribution in [0.2, 0.25) is 0 Å². The number of anilines is 1. The van der Waals surface area contributed by atoms with E-state index >= 15 is 0 Å². The smallest absolute Gasteiger partial charge is 0.258 e. The zero-order valence-electron chi connectivity index (χ0n) is 11.2. The van der Waals surface area contributed by atoms with Gasteiger partial charge in [-0.2, -0.15) is 0 Å². The molecule has 5 nitrogen and oxygen atoms in total. The van der Waals surface area contributed by atoms with Crippen molar-refractivity contribution in [1.82, 2.24) is 4.72 Å². The van der Waals surface area contributed by atoms with Crippen molar-refractivity contribution < 1.29 is 13.2 Å². The van der Waals surface area contributed by atoms with E-state index < -0.39 is 10.0 Å². The quantitative estimate of drug-likeness (QED) is 0.936. The molecule has 0 bridgehead atoms. The van der Waals surface area contributed by atoms with Crippen LogP contribution in [0.25, 0.3) is 10.8 Å². The molecule has 104 valence electrons. The maximum atomic E-state index is 12.3. The Morgan fingerprint density at radius 1 is 1.20 bits per heavy atom. The van der Waals surface area contributed by atoms with E-state index in [1.54, 1.807) is 35.2 Å². The predicted molar refractivity (Wildman–Crippen MR) is 77.5 cm³/mol. The Bertz CT molecular complexity index is 828. The lowest BCUT2D eigenvalue weighted by molar-refractivity contribution is 0.0994. The number of carbonyl (C=O) groups is 1. The van der Waals surface area contributed by atoms with Gasteiger partial charge in [-0.15, -0.1) is 0 Å². The second kappa shape index (κ2) is 4.29. The number of nitrogens with zero attached hydrogens (tertiary/aromatic N) is 1. The molecule has 0 atom stereocenters. The normalized spacial score (nSPS) is 14.3. The largest absolute Gasteiger partial charge is 0.308 e. The third kappa shape index (κ3) is 1.58. The average Bonchev–Trinajstić information content (AvgIpc) is 2.73. The highest BCUT2D eigenvalue weighted by Crippen LogP contribution is 2.39. The maximum absolute atomic E-state index is 12.3. The van der Waals surface area contributed by atoms with Gasteiger partial charge in [0.1, 0.15) is 0 Å². The van der Waals surface area contributed by atoms with Crippen molar-refractivity contribution in [2.45, 2.75) is 11.8 Å². The average molecular weight is 290 g/mol. The number of nitrogens with one attached hydrogen (secondary N) is 1. The van der Waals surface area contributed by atoms with E-state index in [1.807, 2.05) is 6.92 Å². The molecule has 2 aromatic carbocycles. The molecule has 0 saturated heterocycles. The lowest BCUT2D eigenvalue weighted by atomic mass is 10.1. The molecule has 0 spiro atoms. The summed E-state index contributed by atoms with van der Waals surface area (Å²) in [6.45, 7) is 2.45. The molecule has 1 heterocycles. The van der Waals surface area contributed by atoms with Crippen LogP contribution in [0.3, 0.4) is 0 Å². The molecular formula is C14H14N2O3S. The van der Waals surface area contributed by atoms with Gasteiger partial charge in [0, 0.05) is 22.9 Å². The van der Waals surface area contributed by atoms with Gasteiger partial charge in [0.15, 0.2) is 0 Å². The van der Waals surface area contributed by atoms with Crippen molar-refractivity contribution in [3.63, 3.8) is 0 Å². The minimum atomic E-state index is -3.55. The van der Waals surface area contributed by atoms with Crippen LogP contribution in [0.4, 0.5) is 5.69 Å². The molecule has 0 fully saturated rings. The number of benzene rings is 2. The molecule has 0 unspecified atom stereocenters. The van der Waals surface area contributed by atoms with Crippen LogP contribution in [0.15, 0.2) is 35.2 Å². The van der Waals surface area contributed by atoms with Gasteiger partial charge in [0.05, 0.1) is 10.6 Å². The van der Waals surface area contributed by atoms with Crippen LogP contribution in [0.1, 0.15) is 17.3 Å². The molecule has 1 amide bonds. The second-order valence-corrected chi connectivity index (χ2v) is 6.42. The van der Waals surface area contributed by atoms with Gasteiger partial charge in [0.2, 0.25) is 10.0 Å². The van der Waals surface area contributed by atoms with Gasteiger partial charge < -0.3 is 4.90 Å². The molecule has 1 aliphatic rings. The Morgan fingerprint density at radius 2 is 1.95 bits per heavy atom. The fourth-order valence-corrected chi connectivity index (χ4v) is 3.60. The molecule has 0 aromatic heterocycles. The fourth-order valence-electron chi connectivity index (χ4n) is 2.68. The number of amides is 1. The van der Waals surface area contributed by atoms with Gasteiger partial charge in [-0.25, -0.2) is 13.1 Å². The first-order valence-corrected chi connectivity index (χ1v) is 7.80. The minimum absolute atomic E-state index is 0.0768. The van der Waals surface area contributed by atoms with Crippen molar-refractivity contribution in [3.05, 3.63) is 35.9 Å². The topological polar surface area (TPSA) is 66.5 Å². The third-order valence-electron chi connectivity index (χ3n) is 3.62. The number of hydrogen-bond donors (Lipinski definition) is 1. The summed E-state index contributed by atoms with van der Waals surface area (Å²) in [5, 5.41) is 1.30. The zero-order chi connectivity index (χ0) is 14.5. The molecule has 3 rings (SSSR count). The third-order valence-corrected chi connectivity index (χ3v) is 5.09. The van der Waals surface area contributed by atoms with Crippen LogP contribution in [0, 0.1) is 0 Å². The Balaban J connectivity index is 2.43. The van der Waals surface area contributed by atoms with Gasteiger partial charge in [-0.05, 0) is 32.2 Å². The summed E-state index contributed by atoms with van der Waals surface area (Å²) >= 11 is 0. The monoisotopic (exact) mass is 290 g/mol. The van der Waals surface area contributed by atoms with Crippen molar-refractivity contribution in [2.75, 3.05) is 18.5 Å². The summed E-state index contributed by atoms with van der Waals surface area (Å²) in [5.74, 6) is -0.0768. The van der Waals surface area contributed by atoms with Crippen LogP contribution in [0.5, 0.6) is 0 Å². The van der Waals surface area contributed by atoms with E-state index in [0.29, 0.717) is 17.5 Å². The van der Waals surface area contributed by atoms with Gasteiger partial charge in [0.25, 0.3) is 5.91 Å². The van der Waals surface area contributed by atoms with E-state index in [4.69, 9.17) is 0 Å². The van der Waals surface area contributed by atoms with Crippen LogP contribution in [-0.4, -0.2) is 27.9 Å². The second-order valence-electron chi connectivity index (χ2n) is 4.57. The SMILES string of the molecule is CCN1C(=O)c2cccc3c(S(=O)(=O)NC)ccc1c23. The van der Waals surface area contributed by atoms with Crippen molar-refractivity contribution in [2.24, 2.45) is 0 Å². The van der Waals surface area contributed by atoms with Crippen molar-refractivity contribution >= 4 is 32.4 Å². The van der Waals surface area contributed by atoms with Crippen LogP contribution < -0.4 is 9.62 Å². The van der Waals surface area contributed by atoms with Crippen molar-refractivity contribution in [1.29, 1.82) is 0 Å². The van der Waals surface area contributed by atoms with Crippen molar-refractivity contribution in [3.8, 4) is 0 Å². The summed E-state index contributed by atoms with van der Waals surface area (Å²) in [4.78, 5) is 14.2. The summed E-state index contributed by atoms with van der Waals surface area (Å²) in [6.07, 6.45) is 0. The summed E-state index contributed by atoms with van der Waals surface area (Å²) < 4.78 is 26.5. The number of sulfonamides is 1. The Labute approximate surface area is 117 Å². The maximum Gasteiger partial charge on any atom is 0.258 e.